The highest BCUT2D eigenvalue weighted by Gasteiger charge is 2.10. The smallest absolute Gasteiger partial charge is 0.328 e. The molecule has 3 nitrogen and oxygen atoms in total. The number of aliphatic imine (C=N–C) groups is 1. The Kier molecular flexibility index (Phi) is 3.67. The minimum atomic E-state index is -0.851. The lowest BCUT2D eigenvalue weighted by molar-refractivity contribution is -0.138. The van der Waals surface area contributed by atoms with Gasteiger partial charge < -0.3 is 5.11 Å². The number of carbonyl (C=O) groups is 1. The number of rotatable bonds is 3. The number of carboxylic acids is 1. The van der Waals surface area contributed by atoms with Gasteiger partial charge in [0.05, 0.1) is 0 Å². The van der Waals surface area contributed by atoms with Gasteiger partial charge in [0.15, 0.2) is 0 Å². The van der Waals surface area contributed by atoms with E-state index in [9.17, 15) is 4.79 Å². The maximum absolute atomic E-state index is 10.2. The predicted molar refractivity (Wildman–Crippen MR) is 35.9 cm³/mol. The van der Waals surface area contributed by atoms with Crippen LogP contribution in [0.15, 0.2) is 4.99 Å². The maximum atomic E-state index is 10.2. The number of aliphatic carboxylic acids is 1. The normalized spacial score (nSPS) is 14.0. The van der Waals surface area contributed by atoms with Crippen LogP contribution in [0.1, 0.15) is 20.3 Å². The van der Waals surface area contributed by atoms with Gasteiger partial charge in [-0.1, -0.05) is 6.92 Å². The van der Waals surface area contributed by atoms with Crippen LogP contribution < -0.4 is 0 Å². The van der Waals surface area contributed by atoms with Crippen LogP contribution in [0.3, 0.4) is 0 Å². The van der Waals surface area contributed by atoms with E-state index in [0.29, 0.717) is 6.42 Å². The summed E-state index contributed by atoms with van der Waals surface area (Å²) in [5.41, 5.74) is 0. The van der Waals surface area contributed by atoms with Crippen LogP contribution in [0.5, 0.6) is 0 Å². The van der Waals surface area contributed by atoms with E-state index < -0.39 is 12.0 Å². The molecule has 0 amide bonds. The minimum absolute atomic E-state index is 0.546. The van der Waals surface area contributed by atoms with Crippen molar-refractivity contribution in [1.29, 1.82) is 0 Å². The fraction of sp³-hybridized carbons (Fsp3) is 0.667. The Morgan fingerprint density at radius 3 is 2.56 bits per heavy atom. The molecule has 0 heterocycles. The first-order valence-electron chi connectivity index (χ1n) is 2.93. The first-order valence-corrected chi connectivity index (χ1v) is 2.93. The Morgan fingerprint density at radius 2 is 2.44 bits per heavy atom. The van der Waals surface area contributed by atoms with Gasteiger partial charge in [-0.3, -0.25) is 4.99 Å². The van der Waals surface area contributed by atoms with Gasteiger partial charge >= 0.3 is 5.97 Å². The van der Waals surface area contributed by atoms with E-state index in [1.54, 1.807) is 13.8 Å². The lowest BCUT2D eigenvalue weighted by atomic mass is 10.2. The second kappa shape index (κ2) is 4.06. The summed E-state index contributed by atoms with van der Waals surface area (Å²) in [6.45, 7) is 3.51. The molecule has 0 aromatic carbocycles. The van der Waals surface area contributed by atoms with E-state index in [2.05, 4.69) is 4.99 Å². The van der Waals surface area contributed by atoms with Gasteiger partial charge in [0.2, 0.25) is 0 Å². The van der Waals surface area contributed by atoms with Crippen LogP contribution in [0, 0.1) is 0 Å². The summed E-state index contributed by atoms with van der Waals surface area (Å²) in [5.74, 6) is -0.851. The zero-order chi connectivity index (χ0) is 7.28. The fourth-order valence-corrected chi connectivity index (χ4v) is 0.524. The molecule has 0 fully saturated rings. The maximum Gasteiger partial charge on any atom is 0.328 e. The average molecular weight is 129 g/mol. The van der Waals surface area contributed by atoms with Crippen LogP contribution >= 0.6 is 0 Å². The van der Waals surface area contributed by atoms with Crippen molar-refractivity contribution >= 4 is 12.2 Å². The van der Waals surface area contributed by atoms with E-state index in [0.717, 1.165) is 0 Å². The van der Waals surface area contributed by atoms with Crippen molar-refractivity contribution in [2.24, 2.45) is 4.99 Å². The molecule has 0 spiro atoms. The van der Waals surface area contributed by atoms with Crippen LogP contribution in [-0.4, -0.2) is 23.3 Å². The molecule has 1 N–H and O–H groups in total. The van der Waals surface area contributed by atoms with E-state index in [1.807, 2.05) is 0 Å². The van der Waals surface area contributed by atoms with Crippen molar-refractivity contribution in [1.82, 2.24) is 0 Å². The van der Waals surface area contributed by atoms with Crippen molar-refractivity contribution in [3.8, 4) is 0 Å². The second-order valence-electron chi connectivity index (χ2n) is 1.67. The fourth-order valence-electron chi connectivity index (χ4n) is 0.524. The van der Waals surface area contributed by atoms with E-state index in [-0.39, 0.29) is 0 Å². The molecule has 1 unspecified atom stereocenters. The second-order valence-corrected chi connectivity index (χ2v) is 1.67. The van der Waals surface area contributed by atoms with Gasteiger partial charge in [-0.25, -0.2) is 4.79 Å². The van der Waals surface area contributed by atoms with Gasteiger partial charge in [-0.05, 0) is 19.6 Å². The highest BCUT2D eigenvalue weighted by Crippen LogP contribution is 1.94. The minimum Gasteiger partial charge on any atom is -0.480 e. The Balaban J connectivity index is 3.83. The van der Waals surface area contributed by atoms with Crippen LogP contribution in [0.25, 0.3) is 0 Å². The third-order valence-corrected chi connectivity index (χ3v) is 1.00. The molecule has 0 radical (unpaired) electrons. The van der Waals surface area contributed by atoms with Crippen molar-refractivity contribution in [2.75, 3.05) is 0 Å². The van der Waals surface area contributed by atoms with Crippen LogP contribution in [-0.2, 0) is 4.79 Å². The summed E-state index contributed by atoms with van der Waals surface area (Å²) in [5, 5.41) is 8.39. The molecule has 0 rings (SSSR count). The van der Waals surface area contributed by atoms with E-state index in [1.165, 1.54) is 6.21 Å². The molecular formula is C6H11NO2. The van der Waals surface area contributed by atoms with Gasteiger partial charge in [0.1, 0.15) is 6.04 Å². The molecule has 0 aliphatic rings. The van der Waals surface area contributed by atoms with Crippen LogP contribution in [0.2, 0.25) is 0 Å². The first-order chi connectivity index (χ1) is 4.22. The Morgan fingerprint density at radius 1 is 1.89 bits per heavy atom. The number of nitrogens with zero attached hydrogens (tertiary/aromatic N) is 1. The summed E-state index contributed by atoms with van der Waals surface area (Å²) in [4.78, 5) is 13.9. The molecule has 9 heavy (non-hydrogen) atoms. The van der Waals surface area contributed by atoms with Crippen LogP contribution in [0.4, 0.5) is 0 Å². The Bertz CT molecular complexity index is 120. The lowest BCUT2D eigenvalue weighted by Gasteiger charge is -1.99. The Labute approximate surface area is 54.4 Å². The SMILES string of the molecule is C/C=N\C(CC)C(=O)O. The quantitative estimate of drug-likeness (QED) is 0.576. The van der Waals surface area contributed by atoms with Gasteiger partial charge in [0.25, 0.3) is 0 Å². The lowest BCUT2D eigenvalue weighted by Crippen LogP contribution is -2.16. The summed E-state index contributed by atoms with van der Waals surface area (Å²) < 4.78 is 0. The average Bonchev–Trinajstić information content (AvgIpc) is 1.82. The monoisotopic (exact) mass is 129 g/mol. The van der Waals surface area contributed by atoms with Crippen molar-refractivity contribution in [2.45, 2.75) is 26.3 Å². The number of carboxylic acid groups (broad SMARTS) is 1. The molecule has 0 bridgehead atoms. The third-order valence-electron chi connectivity index (χ3n) is 1.00. The molecule has 0 aliphatic heterocycles. The van der Waals surface area contributed by atoms with E-state index in [4.69, 9.17) is 5.11 Å². The molecule has 0 saturated heterocycles. The molecule has 0 saturated carbocycles. The summed E-state index contributed by atoms with van der Waals surface area (Å²) in [7, 11) is 0. The van der Waals surface area contributed by atoms with Gasteiger partial charge in [-0.2, -0.15) is 0 Å². The highest BCUT2D eigenvalue weighted by atomic mass is 16.4. The molecule has 0 aromatic heterocycles. The molecular weight excluding hydrogens is 118 g/mol. The summed E-state index contributed by atoms with van der Waals surface area (Å²) in [6.07, 6.45) is 2.07. The van der Waals surface area contributed by atoms with Crippen molar-refractivity contribution < 1.29 is 9.90 Å². The van der Waals surface area contributed by atoms with E-state index >= 15 is 0 Å². The molecule has 3 heteroatoms. The zero-order valence-corrected chi connectivity index (χ0v) is 5.66. The van der Waals surface area contributed by atoms with Gasteiger partial charge in [-0.15, -0.1) is 0 Å². The standard InChI is InChI=1S/C6H11NO2/c1-3-5(6(8)9)7-4-2/h4-5H,3H2,1-2H3,(H,8,9)/b7-4-. The summed E-state index contributed by atoms with van der Waals surface area (Å²) >= 11 is 0. The highest BCUT2D eigenvalue weighted by molar-refractivity contribution is 5.75. The molecule has 52 valence electrons. The Hall–Kier alpha value is -0.860. The predicted octanol–water partition coefficient (Wildman–Crippen LogP) is 0.940. The van der Waals surface area contributed by atoms with Crippen molar-refractivity contribution in [3.63, 3.8) is 0 Å². The molecule has 1 atom stereocenters. The van der Waals surface area contributed by atoms with Gasteiger partial charge in [0, 0.05) is 0 Å². The third kappa shape index (κ3) is 2.85. The zero-order valence-electron chi connectivity index (χ0n) is 5.66. The molecule has 0 aromatic rings. The largest absolute Gasteiger partial charge is 0.480 e. The molecule has 0 aliphatic carbocycles. The van der Waals surface area contributed by atoms with Crippen molar-refractivity contribution in [3.05, 3.63) is 0 Å². The summed E-state index contributed by atoms with van der Waals surface area (Å²) in [6, 6.07) is -0.546. The number of hydrogen-bond acceptors (Lipinski definition) is 2. The number of hydrogen-bond donors (Lipinski definition) is 1. The topological polar surface area (TPSA) is 49.7 Å². The first kappa shape index (κ1) is 8.14.